The number of methoxy groups -OCH3 is 1. The highest BCUT2D eigenvalue weighted by molar-refractivity contribution is 6.27. The smallest absolute Gasteiger partial charge is 0.414 e. The third-order valence-electron chi connectivity index (χ3n) is 4.20. The number of non-ortho nitro benzene ring substituents is 1. The molecule has 0 unspecified atom stereocenters. The zero-order valence-electron chi connectivity index (χ0n) is 17.7. The molecule has 2 aromatic rings. The highest BCUT2D eigenvalue weighted by atomic mass is 16.6. The van der Waals surface area contributed by atoms with Gasteiger partial charge in [0.05, 0.1) is 17.7 Å². The lowest BCUT2D eigenvalue weighted by Crippen LogP contribution is -2.27. The fourth-order valence-electron chi connectivity index (χ4n) is 2.57. The number of nitrogens with one attached hydrogen (secondary N) is 1. The lowest BCUT2D eigenvalue weighted by Gasteiger charge is -2.20. The minimum atomic E-state index is -1.82. The number of hydrogen-bond donors (Lipinski definition) is 3. The lowest BCUT2D eigenvalue weighted by atomic mass is 10.2. The number of benzene rings is 2. The minimum absolute atomic E-state index is 0.0969. The zero-order valence-corrected chi connectivity index (χ0v) is 17.7. The first-order valence-corrected chi connectivity index (χ1v) is 9.52. The number of carbonyl (C=O) groups excluding carboxylic acids is 1. The molecule has 11 heteroatoms. The van der Waals surface area contributed by atoms with Gasteiger partial charge in [-0.1, -0.05) is 37.3 Å². The summed E-state index contributed by atoms with van der Waals surface area (Å²) in [7, 11) is 1.45. The number of aliphatic carboxylic acids is 2. The molecule has 2 aromatic carbocycles. The molecule has 0 bridgehead atoms. The van der Waals surface area contributed by atoms with E-state index in [2.05, 4.69) is 22.3 Å². The first-order valence-electron chi connectivity index (χ1n) is 9.52. The van der Waals surface area contributed by atoms with Crippen LogP contribution in [0.4, 0.5) is 11.4 Å². The van der Waals surface area contributed by atoms with E-state index in [1.807, 2.05) is 25.1 Å². The second-order valence-electron chi connectivity index (χ2n) is 6.40. The summed E-state index contributed by atoms with van der Waals surface area (Å²) >= 11 is 0. The quantitative estimate of drug-likeness (QED) is 0.298. The highest BCUT2D eigenvalue weighted by Crippen LogP contribution is 2.28. The van der Waals surface area contributed by atoms with Crippen LogP contribution in [-0.2, 0) is 20.9 Å². The van der Waals surface area contributed by atoms with Gasteiger partial charge in [-0.3, -0.25) is 19.8 Å². The first kappa shape index (κ1) is 26.0. The van der Waals surface area contributed by atoms with E-state index < -0.39 is 16.9 Å². The normalized spacial score (nSPS) is 9.97. The molecule has 3 N–H and O–H groups in total. The van der Waals surface area contributed by atoms with Gasteiger partial charge in [0.25, 0.3) is 5.69 Å². The summed E-state index contributed by atoms with van der Waals surface area (Å²) in [5, 5.41) is 28.4. The summed E-state index contributed by atoms with van der Waals surface area (Å²) in [6, 6.07) is 14.2. The number of carboxylic acids is 2. The highest BCUT2D eigenvalue weighted by Gasteiger charge is 2.14. The Morgan fingerprint density at radius 3 is 2.22 bits per heavy atom. The van der Waals surface area contributed by atoms with Gasteiger partial charge in [-0.25, -0.2) is 9.59 Å². The van der Waals surface area contributed by atoms with Crippen LogP contribution < -0.4 is 10.1 Å². The van der Waals surface area contributed by atoms with Gasteiger partial charge in [-0.2, -0.15) is 0 Å². The first-order chi connectivity index (χ1) is 15.2. The zero-order chi connectivity index (χ0) is 24.1. The molecule has 172 valence electrons. The van der Waals surface area contributed by atoms with E-state index in [0.717, 1.165) is 13.1 Å². The van der Waals surface area contributed by atoms with Gasteiger partial charge in [0.2, 0.25) is 5.91 Å². The van der Waals surface area contributed by atoms with Crippen molar-refractivity contribution in [3.8, 4) is 5.75 Å². The number of hydrogen-bond acceptors (Lipinski definition) is 7. The Morgan fingerprint density at radius 2 is 1.72 bits per heavy atom. The summed E-state index contributed by atoms with van der Waals surface area (Å²) < 4.78 is 5.16. The number of carboxylic acid groups (broad SMARTS) is 2. The fourth-order valence-corrected chi connectivity index (χ4v) is 2.57. The predicted octanol–water partition coefficient (Wildman–Crippen LogP) is 2.61. The van der Waals surface area contributed by atoms with Crippen LogP contribution in [-0.4, -0.2) is 58.1 Å². The summed E-state index contributed by atoms with van der Waals surface area (Å²) in [5.41, 5.74) is 1.40. The molecule has 0 fully saturated rings. The van der Waals surface area contributed by atoms with E-state index in [-0.39, 0.29) is 18.0 Å². The Morgan fingerprint density at radius 1 is 1.09 bits per heavy atom. The Bertz CT molecular complexity index is 922. The molecule has 32 heavy (non-hydrogen) atoms. The average molecular weight is 447 g/mol. The average Bonchev–Trinajstić information content (AvgIpc) is 2.77. The molecule has 0 saturated heterocycles. The summed E-state index contributed by atoms with van der Waals surface area (Å²) in [6.07, 6.45) is 0.284. The third kappa shape index (κ3) is 9.22. The predicted molar refractivity (Wildman–Crippen MR) is 116 cm³/mol. The molecule has 11 nitrogen and oxygen atoms in total. The van der Waals surface area contributed by atoms with Crippen LogP contribution in [0.1, 0.15) is 18.9 Å². The molecular formula is C21H25N3O8. The van der Waals surface area contributed by atoms with E-state index in [0.29, 0.717) is 18.0 Å². The lowest BCUT2D eigenvalue weighted by molar-refractivity contribution is -0.384. The molecule has 0 radical (unpaired) electrons. The number of amides is 1. The molecule has 0 aliphatic heterocycles. The van der Waals surface area contributed by atoms with Crippen molar-refractivity contribution in [1.29, 1.82) is 0 Å². The van der Waals surface area contributed by atoms with Crippen molar-refractivity contribution in [2.75, 3.05) is 25.5 Å². The fraction of sp³-hybridized carbons (Fsp3) is 0.286. The van der Waals surface area contributed by atoms with Gasteiger partial charge in [-0.05, 0) is 18.2 Å². The van der Waals surface area contributed by atoms with E-state index in [1.54, 1.807) is 0 Å². The molecule has 0 spiro atoms. The standard InChI is InChI=1S/C19H23N3O4.C2H2O4/c1-3-21(14-15-7-5-4-6-8-15)12-11-19(23)20-17-13-16(22(24)25)9-10-18(17)26-2;3-1(4)2(5)6/h4-10,13H,3,11-12,14H2,1-2H3,(H,20,23);(H,3,4)(H,5,6). The van der Waals surface area contributed by atoms with Gasteiger partial charge in [-0.15, -0.1) is 0 Å². The van der Waals surface area contributed by atoms with Crippen molar-refractivity contribution in [3.63, 3.8) is 0 Å². The van der Waals surface area contributed by atoms with Crippen LogP contribution in [0.15, 0.2) is 48.5 Å². The molecule has 2 rings (SSSR count). The molecule has 1 amide bonds. The van der Waals surface area contributed by atoms with Crippen LogP contribution in [0.5, 0.6) is 5.75 Å². The number of nitro benzene ring substituents is 1. The van der Waals surface area contributed by atoms with Gasteiger partial charge in [0.1, 0.15) is 5.75 Å². The van der Waals surface area contributed by atoms with E-state index in [9.17, 15) is 14.9 Å². The van der Waals surface area contributed by atoms with Crippen LogP contribution in [0, 0.1) is 10.1 Å². The second-order valence-corrected chi connectivity index (χ2v) is 6.40. The van der Waals surface area contributed by atoms with Gasteiger partial charge >= 0.3 is 11.9 Å². The SMILES string of the molecule is CCN(CCC(=O)Nc1cc([N+](=O)[O-])ccc1OC)Cc1ccccc1.O=C(O)C(=O)O. The molecule has 0 heterocycles. The molecule has 0 aromatic heterocycles. The van der Waals surface area contributed by atoms with Crippen LogP contribution >= 0.6 is 0 Å². The van der Waals surface area contributed by atoms with Gasteiger partial charge in [0, 0.05) is 31.6 Å². The van der Waals surface area contributed by atoms with E-state index in [4.69, 9.17) is 24.5 Å². The van der Waals surface area contributed by atoms with Crippen LogP contribution in [0.25, 0.3) is 0 Å². The van der Waals surface area contributed by atoms with Crippen LogP contribution in [0.2, 0.25) is 0 Å². The summed E-state index contributed by atoms with van der Waals surface area (Å²) in [6.45, 7) is 4.23. The van der Waals surface area contributed by atoms with Crippen molar-refractivity contribution in [1.82, 2.24) is 4.90 Å². The Kier molecular flexibility index (Phi) is 10.9. The molecule has 0 saturated carbocycles. The minimum Gasteiger partial charge on any atom is -0.495 e. The topological polar surface area (TPSA) is 159 Å². The monoisotopic (exact) mass is 447 g/mol. The Balaban J connectivity index is 0.000000751. The molecule has 0 aliphatic rings. The maximum atomic E-state index is 12.3. The van der Waals surface area contributed by atoms with Crippen molar-refractivity contribution in [3.05, 3.63) is 64.2 Å². The summed E-state index contributed by atoms with van der Waals surface area (Å²) in [5.74, 6) is -3.47. The second kappa shape index (κ2) is 13.3. The Hall–Kier alpha value is -3.99. The van der Waals surface area contributed by atoms with Crippen LogP contribution in [0.3, 0.4) is 0 Å². The van der Waals surface area contributed by atoms with Crippen molar-refractivity contribution in [2.45, 2.75) is 19.9 Å². The number of nitro groups is 1. The Labute approximate surface area is 184 Å². The van der Waals surface area contributed by atoms with Gasteiger partial charge in [0.15, 0.2) is 0 Å². The van der Waals surface area contributed by atoms with Crippen molar-refractivity contribution >= 4 is 29.2 Å². The molecular weight excluding hydrogens is 422 g/mol. The van der Waals surface area contributed by atoms with E-state index in [1.165, 1.54) is 30.9 Å². The van der Waals surface area contributed by atoms with Gasteiger partial charge < -0.3 is 20.3 Å². The third-order valence-corrected chi connectivity index (χ3v) is 4.20. The number of ether oxygens (including phenoxy) is 1. The number of anilines is 1. The number of carbonyl (C=O) groups is 3. The molecule has 0 aliphatic carbocycles. The maximum absolute atomic E-state index is 12.3. The molecule has 0 atom stereocenters. The number of nitrogens with zero attached hydrogens (tertiary/aromatic N) is 2. The number of rotatable bonds is 9. The maximum Gasteiger partial charge on any atom is 0.414 e. The van der Waals surface area contributed by atoms with E-state index >= 15 is 0 Å². The van der Waals surface area contributed by atoms with Crippen molar-refractivity contribution in [2.24, 2.45) is 0 Å². The summed E-state index contributed by atoms with van der Waals surface area (Å²) in [4.78, 5) is 43.0. The largest absolute Gasteiger partial charge is 0.495 e. The van der Waals surface area contributed by atoms with Crippen molar-refractivity contribution < 1.29 is 34.3 Å².